The molecule has 7 aromatic rings. The quantitative estimate of drug-likeness (QED) is 0.200. The monoisotopic (exact) mass is 555 g/mol. The highest BCUT2D eigenvalue weighted by molar-refractivity contribution is 6.16. The Labute approximate surface area is 251 Å². The van der Waals surface area contributed by atoms with E-state index in [0.29, 0.717) is 0 Å². The maximum absolute atomic E-state index is 13.8. The molecule has 0 saturated carbocycles. The standard InChI is InChI=1S/C41H33NO/c1-2-28-14-6-7-15-32(28)33-23-22-29(24-30(33)21-20-27-12-4-3-5-13-27)31-25-37-34-16-8-9-18-36(34)41(43)42-39-19-11-10-17-35(39)38(26-31)40(37)42/h3-7,9-15,17-19,22-26H,2,8,16,20-21H2,1H3. The van der Waals surface area contributed by atoms with E-state index in [9.17, 15) is 4.79 Å². The van der Waals surface area contributed by atoms with Gasteiger partial charge in [-0.25, -0.2) is 0 Å². The fourth-order valence-electron chi connectivity index (χ4n) is 7.23. The molecule has 2 aromatic heterocycles. The second kappa shape index (κ2) is 10.4. The minimum absolute atomic E-state index is 0.0968. The molecule has 0 saturated heterocycles. The lowest BCUT2D eigenvalue weighted by Gasteiger charge is -2.17. The Morgan fingerprint density at radius 3 is 2.33 bits per heavy atom. The largest absolute Gasteiger partial charge is 0.275 e. The average Bonchev–Trinajstić information content (AvgIpc) is 3.41. The van der Waals surface area contributed by atoms with Crippen LogP contribution in [0, 0.1) is 0 Å². The number of pyridine rings is 1. The zero-order valence-electron chi connectivity index (χ0n) is 24.4. The normalized spacial score (nSPS) is 12.9. The van der Waals surface area contributed by atoms with Gasteiger partial charge >= 0.3 is 0 Å². The first-order chi connectivity index (χ1) is 21.2. The number of allylic oxidation sites excluding steroid dienone is 1. The number of aromatic nitrogens is 1. The first-order valence-corrected chi connectivity index (χ1v) is 15.5. The number of para-hydroxylation sites is 1. The third-order valence-corrected chi connectivity index (χ3v) is 9.35. The molecule has 0 radical (unpaired) electrons. The third kappa shape index (κ3) is 4.20. The van der Waals surface area contributed by atoms with Crippen LogP contribution in [0.2, 0.25) is 0 Å². The number of hydrogen-bond donors (Lipinski definition) is 0. The van der Waals surface area contributed by atoms with Crippen molar-refractivity contribution in [2.75, 3.05) is 0 Å². The Balaban J connectivity index is 1.36. The number of rotatable bonds is 6. The highest BCUT2D eigenvalue weighted by Gasteiger charge is 2.22. The van der Waals surface area contributed by atoms with Gasteiger partial charge in [-0.1, -0.05) is 110 Å². The van der Waals surface area contributed by atoms with E-state index in [2.05, 4.69) is 116 Å². The van der Waals surface area contributed by atoms with Crippen LogP contribution in [0.1, 0.15) is 41.2 Å². The zero-order valence-corrected chi connectivity index (χ0v) is 24.4. The van der Waals surface area contributed by atoms with Gasteiger partial charge in [0.25, 0.3) is 5.56 Å². The van der Waals surface area contributed by atoms with E-state index in [1.165, 1.54) is 49.9 Å². The lowest BCUT2D eigenvalue weighted by atomic mass is 9.88. The molecular formula is C41H33NO. The van der Waals surface area contributed by atoms with Crippen molar-refractivity contribution in [3.05, 3.63) is 153 Å². The first-order valence-electron chi connectivity index (χ1n) is 15.5. The fourth-order valence-corrected chi connectivity index (χ4v) is 7.23. The van der Waals surface area contributed by atoms with Gasteiger partial charge in [-0.2, -0.15) is 0 Å². The molecule has 0 aliphatic heterocycles. The molecule has 43 heavy (non-hydrogen) atoms. The molecule has 2 nitrogen and oxygen atoms in total. The van der Waals surface area contributed by atoms with E-state index >= 15 is 0 Å². The van der Waals surface area contributed by atoms with Gasteiger partial charge in [0.15, 0.2) is 0 Å². The lowest BCUT2D eigenvalue weighted by molar-refractivity contribution is 0.961. The van der Waals surface area contributed by atoms with Crippen LogP contribution in [0.5, 0.6) is 0 Å². The molecule has 0 unspecified atom stereocenters. The molecule has 5 aromatic carbocycles. The fraction of sp³-hybridized carbons (Fsp3) is 0.146. The summed E-state index contributed by atoms with van der Waals surface area (Å²) in [5.74, 6) is 0. The van der Waals surface area contributed by atoms with Crippen LogP contribution in [0.15, 0.2) is 120 Å². The van der Waals surface area contributed by atoms with Gasteiger partial charge in [-0.3, -0.25) is 9.20 Å². The van der Waals surface area contributed by atoms with E-state index in [-0.39, 0.29) is 5.56 Å². The van der Waals surface area contributed by atoms with Gasteiger partial charge in [0, 0.05) is 21.7 Å². The molecule has 0 spiro atoms. The Bertz CT molecular complexity index is 2240. The predicted octanol–water partition coefficient (Wildman–Crippen LogP) is 9.68. The smallest absolute Gasteiger partial charge is 0.263 e. The van der Waals surface area contributed by atoms with Gasteiger partial charge in [0.1, 0.15) is 0 Å². The summed E-state index contributed by atoms with van der Waals surface area (Å²) >= 11 is 0. The molecule has 8 rings (SSSR count). The summed E-state index contributed by atoms with van der Waals surface area (Å²) in [6.45, 7) is 2.24. The minimum Gasteiger partial charge on any atom is -0.275 e. The molecule has 2 heterocycles. The van der Waals surface area contributed by atoms with Crippen molar-refractivity contribution in [1.29, 1.82) is 0 Å². The number of fused-ring (bicyclic) bond motifs is 5. The van der Waals surface area contributed by atoms with Crippen molar-refractivity contribution in [3.8, 4) is 22.3 Å². The molecule has 208 valence electrons. The summed E-state index contributed by atoms with van der Waals surface area (Å²) in [5.41, 5.74) is 13.4. The second-order valence-electron chi connectivity index (χ2n) is 11.8. The van der Waals surface area contributed by atoms with Crippen LogP contribution in [0.3, 0.4) is 0 Å². The van der Waals surface area contributed by atoms with Crippen LogP contribution >= 0.6 is 0 Å². The van der Waals surface area contributed by atoms with Crippen molar-refractivity contribution < 1.29 is 0 Å². The highest BCUT2D eigenvalue weighted by atomic mass is 16.1. The number of benzene rings is 5. The molecule has 0 fully saturated rings. The van der Waals surface area contributed by atoms with Crippen molar-refractivity contribution in [2.45, 2.75) is 39.0 Å². The molecule has 0 N–H and O–H groups in total. The van der Waals surface area contributed by atoms with Crippen LogP contribution in [-0.2, 0) is 25.7 Å². The van der Waals surface area contributed by atoms with Gasteiger partial charge in [0.05, 0.1) is 11.0 Å². The Morgan fingerprint density at radius 2 is 1.44 bits per heavy atom. The van der Waals surface area contributed by atoms with Crippen molar-refractivity contribution in [3.63, 3.8) is 0 Å². The van der Waals surface area contributed by atoms with E-state index in [1.807, 2.05) is 16.5 Å². The van der Waals surface area contributed by atoms with Crippen molar-refractivity contribution >= 4 is 33.3 Å². The van der Waals surface area contributed by atoms with Crippen LogP contribution < -0.4 is 5.56 Å². The maximum atomic E-state index is 13.8. The average molecular weight is 556 g/mol. The topological polar surface area (TPSA) is 21.5 Å². The van der Waals surface area contributed by atoms with Crippen LogP contribution in [0.4, 0.5) is 0 Å². The summed E-state index contributed by atoms with van der Waals surface area (Å²) in [5, 5.41) is 3.49. The van der Waals surface area contributed by atoms with E-state index in [0.717, 1.165) is 59.5 Å². The first kappa shape index (κ1) is 25.7. The van der Waals surface area contributed by atoms with Crippen LogP contribution in [-0.4, -0.2) is 4.40 Å². The summed E-state index contributed by atoms with van der Waals surface area (Å²) in [6, 6.07) is 39.7. The Hall–Kier alpha value is -4.95. The molecular weight excluding hydrogens is 522 g/mol. The predicted molar refractivity (Wildman–Crippen MR) is 181 cm³/mol. The van der Waals surface area contributed by atoms with Gasteiger partial charge in [-0.15, -0.1) is 0 Å². The summed E-state index contributed by atoms with van der Waals surface area (Å²) in [7, 11) is 0. The molecule has 0 bridgehead atoms. The maximum Gasteiger partial charge on any atom is 0.263 e. The van der Waals surface area contributed by atoms with Gasteiger partial charge in [0.2, 0.25) is 0 Å². The van der Waals surface area contributed by atoms with Crippen molar-refractivity contribution in [2.24, 2.45) is 0 Å². The Kier molecular flexibility index (Phi) is 6.22. The summed E-state index contributed by atoms with van der Waals surface area (Å²) in [6.07, 6.45) is 9.01. The molecule has 1 aliphatic carbocycles. The van der Waals surface area contributed by atoms with Crippen LogP contribution in [0.25, 0.3) is 55.5 Å². The lowest BCUT2D eigenvalue weighted by Crippen LogP contribution is -2.19. The minimum atomic E-state index is 0.0968. The second-order valence-corrected chi connectivity index (χ2v) is 11.8. The number of aryl methyl sites for hydroxylation is 4. The number of hydrogen-bond acceptors (Lipinski definition) is 1. The van der Waals surface area contributed by atoms with E-state index < -0.39 is 0 Å². The summed E-state index contributed by atoms with van der Waals surface area (Å²) < 4.78 is 1.95. The number of nitrogens with zero attached hydrogens (tertiary/aromatic N) is 1. The Morgan fingerprint density at radius 1 is 0.674 bits per heavy atom. The van der Waals surface area contributed by atoms with E-state index in [4.69, 9.17) is 0 Å². The van der Waals surface area contributed by atoms with Gasteiger partial charge in [-0.05, 0) is 94.8 Å². The molecule has 0 atom stereocenters. The summed E-state index contributed by atoms with van der Waals surface area (Å²) in [4.78, 5) is 13.8. The molecule has 2 heteroatoms. The molecule has 0 amide bonds. The third-order valence-electron chi connectivity index (χ3n) is 9.35. The highest BCUT2D eigenvalue weighted by Crippen LogP contribution is 2.40. The zero-order chi connectivity index (χ0) is 28.9. The van der Waals surface area contributed by atoms with Crippen molar-refractivity contribution in [1.82, 2.24) is 4.40 Å². The van der Waals surface area contributed by atoms with Gasteiger partial charge < -0.3 is 0 Å². The molecule has 1 aliphatic rings. The SMILES string of the molecule is CCc1ccccc1-c1ccc(-c2cc3c4c(c(=O)n5c6ccccc6c(c2)c35)C=CCC4)cc1CCc1ccccc1. The van der Waals surface area contributed by atoms with E-state index in [1.54, 1.807) is 0 Å².